The fourth-order valence-corrected chi connectivity index (χ4v) is 2.44. The monoisotopic (exact) mass is 320 g/mol. The molecule has 1 saturated heterocycles. The van der Waals surface area contributed by atoms with Gasteiger partial charge < -0.3 is 15.2 Å². The van der Waals surface area contributed by atoms with E-state index >= 15 is 0 Å². The first-order chi connectivity index (χ1) is 10.8. The van der Waals surface area contributed by atoms with Crippen molar-refractivity contribution in [2.24, 2.45) is 5.73 Å². The summed E-state index contributed by atoms with van der Waals surface area (Å²) in [6.07, 6.45) is -0.153. The molecule has 6 nitrogen and oxygen atoms in total. The molecule has 126 valence electrons. The van der Waals surface area contributed by atoms with Crippen molar-refractivity contribution in [3.8, 4) is 0 Å². The topological polar surface area (TPSA) is 81.9 Å². The van der Waals surface area contributed by atoms with Crippen LogP contribution in [0, 0.1) is 0 Å². The van der Waals surface area contributed by atoms with Gasteiger partial charge in [-0.2, -0.15) is 0 Å². The van der Waals surface area contributed by atoms with Crippen LogP contribution < -0.4 is 5.73 Å². The Bertz CT molecular complexity index is 553. The third-order valence-electron chi connectivity index (χ3n) is 3.46. The molecule has 2 atom stereocenters. The molecule has 23 heavy (non-hydrogen) atoms. The summed E-state index contributed by atoms with van der Waals surface area (Å²) in [7, 11) is 0. The Kier molecular flexibility index (Phi) is 5.26. The van der Waals surface area contributed by atoms with Gasteiger partial charge in [0.25, 0.3) is 0 Å². The molecule has 0 aliphatic carbocycles. The first-order valence-electron chi connectivity index (χ1n) is 7.72. The van der Waals surface area contributed by atoms with Crippen LogP contribution in [0.5, 0.6) is 0 Å². The minimum absolute atomic E-state index is 0.174. The number of carbonyl (C=O) groups excluding carboxylic acids is 2. The van der Waals surface area contributed by atoms with Crippen LogP contribution in [0.15, 0.2) is 30.3 Å². The molecule has 0 radical (unpaired) electrons. The fraction of sp³-hybridized carbons (Fsp3) is 0.529. The van der Waals surface area contributed by atoms with E-state index < -0.39 is 23.7 Å². The quantitative estimate of drug-likeness (QED) is 0.862. The highest BCUT2D eigenvalue weighted by Crippen LogP contribution is 2.21. The number of likely N-dealkylation sites (tertiary alicyclic amines) is 1. The summed E-state index contributed by atoms with van der Waals surface area (Å²) >= 11 is 0. The van der Waals surface area contributed by atoms with Crippen molar-refractivity contribution in [1.82, 2.24) is 4.90 Å². The van der Waals surface area contributed by atoms with Gasteiger partial charge in [-0.1, -0.05) is 30.3 Å². The van der Waals surface area contributed by atoms with Gasteiger partial charge >= 0.3 is 12.1 Å². The lowest BCUT2D eigenvalue weighted by Gasteiger charge is -2.27. The van der Waals surface area contributed by atoms with Gasteiger partial charge in [0, 0.05) is 12.6 Å². The van der Waals surface area contributed by atoms with Crippen LogP contribution in [0.2, 0.25) is 0 Å². The van der Waals surface area contributed by atoms with E-state index in [0.29, 0.717) is 13.0 Å². The first-order valence-corrected chi connectivity index (χ1v) is 7.72. The molecule has 0 aromatic heterocycles. The maximum atomic E-state index is 12.3. The highest BCUT2D eigenvalue weighted by atomic mass is 16.6. The molecule has 0 spiro atoms. The summed E-state index contributed by atoms with van der Waals surface area (Å²) in [5.41, 5.74) is 6.18. The summed E-state index contributed by atoms with van der Waals surface area (Å²) in [5, 5.41) is 0. The smallest absolute Gasteiger partial charge is 0.411 e. The third kappa shape index (κ3) is 4.96. The lowest BCUT2D eigenvalue weighted by molar-refractivity contribution is -0.150. The lowest BCUT2D eigenvalue weighted by atomic mass is 10.2. The zero-order chi connectivity index (χ0) is 17.0. The summed E-state index contributed by atoms with van der Waals surface area (Å²) in [6.45, 7) is 5.81. The standard InChI is InChI=1S/C17H24N2O4/c1-17(2,3)23-16(21)19-10-13(18)9-14(19)15(20)22-11-12-7-5-4-6-8-12/h4-8,13-14H,9-11,18H2,1-3H3/t13-,14-/m0/s1. The van der Waals surface area contributed by atoms with Crippen LogP contribution in [0.1, 0.15) is 32.8 Å². The Morgan fingerprint density at radius 3 is 2.52 bits per heavy atom. The SMILES string of the molecule is CC(C)(C)OC(=O)N1C[C@@H](N)C[C@H]1C(=O)OCc1ccccc1. The van der Waals surface area contributed by atoms with E-state index in [4.69, 9.17) is 15.2 Å². The second kappa shape index (κ2) is 7.00. The predicted octanol–water partition coefficient (Wildman–Crippen LogP) is 2.07. The van der Waals surface area contributed by atoms with E-state index in [1.165, 1.54) is 4.90 Å². The maximum Gasteiger partial charge on any atom is 0.411 e. The Morgan fingerprint density at radius 1 is 1.26 bits per heavy atom. The predicted molar refractivity (Wildman–Crippen MR) is 85.6 cm³/mol. The van der Waals surface area contributed by atoms with E-state index in [1.54, 1.807) is 20.8 Å². The van der Waals surface area contributed by atoms with Gasteiger partial charge in [0.2, 0.25) is 0 Å². The molecule has 1 aromatic carbocycles. The van der Waals surface area contributed by atoms with E-state index in [0.717, 1.165) is 5.56 Å². The van der Waals surface area contributed by atoms with Crippen LogP contribution in [0.4, 0.5) is 4.79 Å². The molecule has 6 heteroatoms. The van der Waals surface area contributed by atoms with Crippen molar-refractivity contribution in [3.63, 3.8) is 0 Å². The number of benzene rings is 1. The minimum Gasteiger partial charge on any atom is -0.459 e. The van der Waals surface area contributed by atoms with Gasteiger partial charge in [-0.3, -0.25) is 4.90 Å². The zero-order valence-electron chi connectivity index (χ0n) is 13.8. The third-order valence-corrected chi connectivity index (χ3v) is 3.46. The van der Waals surface area contributed by atoms with Crippen molar-refractivity contribution < 1.29 is 19.1 Å². The number of esters is 1. The Balaban J connectivity index is 1.98. The van der Waals surface area contributed by atoms with Gasteiger partial charge in [-0.15, -0.1) is 0 Å². The molecular weight excluding hydrogens is 296 g/mol. The molecule has 0 unspecified atom stereocenters. The number of amides is 1. The summed E-state index contributed by atoms with van der Waals surface area (Å²) < 4.78 is 10.7. The van der Waals surface area contributed by atoms with Gasteiger partial charge in [0.05, 0.1) is 0 Å². The number of carbonyl (C=O) groups is 2. The van der Waals surface area contributed by atoms with Gasteiger partial charge in [0.15, 0.2) is 0 Å². The number of nitrogens with two attached hydrogens (primary N) is 1. The number of hydrogen-bond acceptors (Lipinski definition) is 5. The number of hydrogen-bond donors (Lipinski definition) is 1. The highest BCUT2D eigenvalue weighted by Gasteiger charge is 2.41. The molecule has 0 saturated carbocycles. The molecule has 1 heterocycles. The van der Waals surface area contributed by atoms with Crippen LogP contribution in [0.3, 0.4) is 0 Å². The van der Waals surface area contributed by atoms with Gasteiger partial charge in [0.1, 0.15) is 18.2 Å². The summed E-state index contributed by atoms with van der Waals surface area (Å²) in [4.78, 5) is 25.9. The molecule has 1 amide bonds. The van der Waals surface area contributed by atoms with Crippen LogP contribution >= 0.6 is 0 Å². The van der Waals surface area contributed by atoms with Crippen molar-refractivity contribution in [1.29, 1.82) is 0 Å². The minimum atomic E-state index is -0.691. The average Bonchev–Trinajstić information content (AvgIpc) is 2.86. The van der Waals surface area contributed by atoms with E-state index in [-0.39, 0.29) is 12.6 Å². The number of ether oxygens (including phenoxy) is 2. The molecule has 1 fully saturated rings. The Morgan fingerprint density at radius 2 is 1.91 bits per heavy atom. The normalized spacial score (nSPS) is 21.1. The maximum absolute atomic E-state index is 12.3. The van der Waals surface area contributed by atoms with Gasteiger partial charge in [-0.25, -0.2) is 9.59 Å². The van der Waals surface area contributed by atoms with E-state index in [9.17, 15) is 9.59 Å². The van der Waals surface area contributed by atoms with Crippen LogP contribution in [-0.2, 0) is 20.9 Å². The van der Waals surface area contributed by atoms with E-state index in [2.05, 4.69) is 0 Å². The van der Waals surface area contributed by atoms with Gasteiger partial charge in [-0.05, 0) is 32.8 Å². The second-order valence-corrected chi connectivity index (χ2v) is 6.74. The highest BCUT2D eigenvalue weighted by molar-refractivity contribution is 5.82. The largest absolute Gasteiger partial charge is 0.459 e. The zero-order valence-corrected chi connectivity index (χ0v) is 13.8. The molecule has 1 aromatic rings. The molecular formula is C17H24N2O4. The molecule has 2 N–H and O–H groups in total. The molecule has 2 rings (SSSR count). The first kappa shape index (κ1) is 17.3. The van der Waals surface area contributed by atoms with Crippen molar-refractivity contribution >= 4 is 12.1 Å². The van der Waals surface area contributed by atoms with Crippen molar-refractivity contribution in [2.75, 3.05) is 6.54 Å². The van der Waals surface area contributed by atoms with Crippen molar-refractivity contribution in [2.45, 2.75) is 51.5 Å². The Labute approximate surface area is 136 Å². The second-order valence-electron chi connectivity index (χ2n) is 6.74. The molecule has 0 bridgehead atoms. The van der Waals surface area contributed by atoms with E-state index in [1.807, 2.05) is 30.3 Å². The number of rotatable bonds is 3. The number of nitrogens with zero attached hydrogens (tertiary/aromatic N) is 1. The molecule has 1 aliphatic heterocycles. The lowest BCUT2D eigenvalue weighted by Crippen LogP contribution is -2.44. The van der Waals surface area contributed by atoms with Crippen molar-refractivity contribution in [3.05, 3.63) is 35.9 Å². The average molecular weight is 320 g/mol. The molecule has 1 aliphatic rings. The summed E-state index contributed by atoms with van der Waals surface area (Å²) in [5.74, 6) is -0.451. The van der Waals surface area contributed by atoms with Crippen LogP contribution in [0.25, 0.3) is 0 Å². The Hall–Kier alpha value is -2.08. The fourth-order valence-electron chi connectivity index (χ4n) is 2.44. The van der Waals surface area contributed by atoms with Crippen LogP contribution in [-0.4, -0.2) is 41.2 Å². The summed E-state index contributed by atoms with van der Waals surface area (Å²) in [6, 6.07) is 8.45.